The Bertz CT molecular complexity index is 527. The minimum Gasteiger partial charge on any atom is -0.480 e. The van der Waals surface area contributed by atoms with Crippen molar-refractivity contribution >= 4 is 23.7 Å². The van der Waals surface area contributed by atoms with Gasteiger partial charge < -0.3 is 14.8 Å². The van der Waals surface area contributed by atoms with Crippen molar-refractivity contribution in [2.24, 2.45) is 0 Å². The average molecular weight is 325 g/mol. The lowest BCUT2D eigenvalue weighted by molar-refractivity contribution is -0.116. The monoisotopic (exact) mass is 325 g/mol. The Morgan fingerprint density at radius 2 is 2.09 bits per heavy atom. The smallest absolute Gasteiger partial charge is 0.319 e. The number of carbonyl (C=O) groups is 1. The number of nitrogens with one attached hydrogen (secondary N) is 1. The molecule has 122 valence electrons. The van der Waals surface area contributed by atoms with Crippen molar-refractivity contribution in [1.29, 1.82) is 0 Å². The Morgan fingerprint density at radius 3 is 2.68 bits per heavy atom. The third-order valence-corrected chi connectivity index (χ3v) is 3.76. The van der Waals surface area contributed by atoms with Gasteiger partial charge in [-0.3, -0.25) is 4.79 Å². The van der Waals surface area contributed by atoms with Gasteiger partial charge in [-0.15, -0.1) is 0 Å². The van der Waals surface area contributed by atoms with E-state index >= 15 is 0 Å². The zero-order chi connectivity index (χ0) is 16.6. The predicted molar refractivity (Wildman–Crippen MR) is 89.4 cm³/mol. The molecule has 1 aromatic heterocycles. The average Bonchev–Trinajstić information content (AvgIpc) is 2.48. The van der Waals surface area contributed by atoms with Crippen molar-refractivity contribution in [3.8, 4) is 11.9 Å². The third kappa shape index (κ3) is 6.80. The first-order chi connectivity index (χ1) is 10.4. The van der Waals surface area contributed by atoms with Crippen LogP contribution in [0.3, 0.4) is 0 Å². The molecule has 0 saturated carbocycles. The maximum atomic E-state index is 11.8. The third-order valence-electron chi connectivity index (χ3n) is 2.48. The molecule has 6 nitrogen and oxygen atoms in total. The van der Waals surface area contributed by atoms with E-state index in [0.717, 1.165) is 5.75 Å². The van der Waals surface area contributed by atoms with Gasteiger partial charge >= 0.3 is 6.01 Å². The summed E-state index contributed by atoms with van der Waals surface area (Å²) in [7, 11) is 2.98. The maximum absolute atomic E-state index is 11.8. The molecule has 1 rings (SSSR count). The number of amides is 1. The van der Waals surface area contributed by atoms with Gasteiger partial charge in [-0.1, -0.05) is 20.8 Å². The van der Waals surface area contributed by atoms with Crippen molar-refractivity contribution in [2.75, 3.05) is 26.5 Å². The first kappa shape index (κ1) is 18.3. The largest absolute Gasteiger partial charge is 0.480 e. The summed E-state index contributed by atoms with van der Waals surface area (Å²) < 4.78 is 10.3. The number of ether oxygens (including phenoxy) is 2. The molecule has 0 aliphatic rings. The molecule has 0 aliphatic heterocycles. The first-order valence-corrected chi connectivity index (χ1v) is 7.89. The highest BCUT2D eigenvalue weighted by atomic mass is 32.2. The zero-order valence-corrected chi connectivity index (χ0v) is 14.5. The Kier molecular flexibility index (Phi) is 7.17. The molecule has 0 aromatic carbocycles. The summed E-state index contributed by atoms with van der Waals surface area (Å²) >= 11 is 1.81. The zero-order valence-electron chi connectivity index (χ0n) is 13.7. The van der Waals surface area contributed by atoms with E-state index in [9.17, 15) is 4.79 Å². The van der Waals surface area contributed by atoms with Crippen molar-refractivity contribution in [3.63, 3.8) is 0 Å². The fraction of sp³-hybridized carbons (Fsp3) is 0.533. The van der Waals surface area contributed by atoms with Gasteiger partial charge in [-0.25, -0.2) is 4.98 Å². The Morgan fingerprint density at radius 1 is 1.36 bits per heavy atom. The number of hydrogen-bond acceptors (Lipinski definition) is 6. The van der Waals surface area contributed by atoms with Gasteiger partial charge in [0.25, 0.3) is 0 Å². The lowest BCUT2D eigenvalue weighted by Crippen LogP contribution is -2.25. The van der Waals surface area contributed by atoms with Gasteiger partial charge in [-0.2, -0.15) is 16.7 Å². The second kappa shape index (κ2) is 8.63. The fourth-order valence-electron chi connectivity index (χ4n) is 1.49. The number of thioether (sulfide) groups is 1. The molecule has 1 heterocycles. The van der Waals surface area contributed by atoms with Crippen LogP contribution in [0.2, 0.25) is 0 Å². The van der Waals surface area contributed by atoms with Crippen LogP contribution in [-0.2, 0) is 4.79 Å². The number of rotatable bonds is 7. The Labute approximate surface area is 135 Å². The van der Waals surface area contributed by atoms with E-state index in [1.165, 1.54) is 20.3 Å². The summed E-state index contributed by atoms with van der Waals surface area (Å²) in [6, 6.07) is 0.220. The second-order valence-corrected chi connectivity index (χ2v) is 7.33. The highest BCUT2D eigenvalue weighted by Gasteiger charge is 2.10. The maximum Gasteiger partial charge on any atom is 0.319 e. The van der Waals surface area contributed by atoms with Crippen LogP contribution in [0.4, 0.5) is 0 Å². The minimum atomic E-state index is -0.160. The van der Waals surface area contributed by atoms with Crippen LogP contribution in [0, 0.1) is 0 Å². The summed E-state index contributed by atoms with van der Waals surface area (Å²) in [6.07, 6.45) is 4.60. The van der Waals surface area contributed by atoms with E-state index in [1.54, 1.807) is 12.3 Å². The van der Waals surface area contributed by atoms with Gasteiger partial charge in [0.1, 0.15) is 0 Å². The van der Waals surface area contributed by atoms with E-state index in [0.29, 0.717) is 18.0 Å². The highest BCUT2D eigenvalue weighted by Crippen LogP contribution is 2.22. The summed E-state index contributed by atoms with van der Waals surface area (Å²) in [5.74, 6) is 1.07. The van der Waals surface area contributed by atoms with Crippen molar-refractivity contribution < 1.29 is 14.3 Å². The van der Waals surface area contributed by atoms with Crippen LogP contribution in [-0.4, -0.2) is 47.1 Å². The van der Waals surface area contributed by atoms with Gasteiger partial charge in [0.2, 0.25) is 11.8 Å². The normalized spacial score (nSPS) is 11.5. The van der Waals surface area contributed by atoms with Gasteiger partial charge in [0.15, 0.2) is 0 Å². The van der Waals surface area contributed by atoms with Crippen LogP contribution >= 0.6 is 11.8 Å². The van der Waals surface area contributed by atoms with E-state index in [1.807, 2.05) is 11.8 Å². The summed E-state index contributed by atoms with van der Waals surface area (Å²) in [5.41, 5.74) is 0.613. The van der Waals surface area contributed by atoms with Crippen LogP contribution < -0.4 is 14.8 Å². The number of hydrogen-bond donors (Lipinski definition) is 1. The van der Waals surface area contributed by atoms with Crippen molar-refractivity contribution in [2.45, 2.75) is 25.5 Å². The Balaban J connectivity index is 2.52. The van der Waals surface area contributed by atoms with E-state index in [2.05, 4.69) is 36.1 Å². The first-order valence-electron chi connectivity index (χ1n) is 6.90. The van der Waals surface area contributed by atoms with E-state index in [-0.39, 0.29) is 16.7 Å². The molecule has 22 heavy (non-hydrogen) atoms. The molecule has 7 heteroatoms. The van der Waals surface area contributed by atoms with Crippen LogP contribution in [0.1, 0.15) is 26.3 Å². The van der Waals surface area contributed by atoms with Gasteiger partial charge in [0.05, 0.1) is 19.8 Å². The van der Waals surface area contributed by atoms with Gasteiger partial charge in [0, 0.05) is 29.3 Å². The molecule has 1 aromatic rings. The molecular formula is C15H23N3O3S. The number of aromatic nitrogens is 2. The van der Waals surface area contributed by atoms with Gasteiger partial charge in [-0.05, 0) is 6.08 Å². The highest BCUT2D eigenvalue weighted by molar-refractivity contribution is 8.00. The molecule has 0 aliphatic carbocycles. The number of nitrogens with zero attached hydrogens (tertiary/aromatic N) is 2. The van der Waals surface area contributed by atoms with Crippen LogP contribution in [0.15, 0.2) is 12.3 Å². The standard InChI is InChI=1S/C15H23N3O3S/c1-15(2,3)22-9-8-16-12(19)7-6-11-10-17-14(21-5)18-13(11)20-4/h6-7,10H,8-9H2,1-5H3,(H,16,19). The molecule has 0 saturated heterocycles. The molecule has 1 amide bonds. The summed E-state index contributed by atoms with van der Waals surface area (Å²) in [4.78, 5) is 19.8. The van der Waals surface area contributed by atoms with E-state index < -0.39 is 0 Å². The lowest BCUT2D eigenvalue weighted by Gasteiger charge is -2.17. The Hall–Kier alpha value is -1.76. The van der Waals surface area contributed by atoms with Crippen LogP contribution in [0.25, 0.3) is 6.08 Å². The number of carbonyl (C=O) groups excluding carboxylic acids is 1. The molecule has 0 bridgehead atoms. The quantitative estimate of drug-likeness (QED) is 0.612. The predicted octanol–water partition coefficient (Wildman–Crippen LogP) is 2.15. The minimum absolute atomic E-state index is 0.160. The lowest BCUT2D eigenvalue weighted by atomic mass is 10.3. The molecule has 0 unspecified atom stereocenters. The fourth-order valence-corrected chi connectivity index (χ4v) is 2.31. The molecule has 0 radical (unpaired) electrons. The molecule has 0 fully saturated rings. The molecular weight excluding hydrogens is 302 g/mol. The summed E-state index contributed by atoms with van der Waals surface area (Å²) in [6.45, 7) is 7.07. The van der Waals surface area contributed by atoms with Crippen molar-refractivity contribution in [3.05, 3.63) is 17.8 Å². The van der Waals surface area contributed by atoms with Crippen LogP contribution in [0.5, 0.6) is 11.9 Å². The topological polar surface area (TPSA) is 73.3 Å². The number of methoxy groups -OCH3 is 2. The summed E-state index contributed by atoms with van der Waals surface area (Å²) in [5, 5.41) is 2.83. The molecule has 1 N–H and O–H groups in total. The SMILES string of the molecule is COc1ncc(C=CC(=O)NCCSC(C)(C)C)c(OC)n1. The second-order valence-electron chi connectivity index (χ2n) is 5.41. The molecule has 0 atom stereocenters. The van der Waals surface area contributed by atoms with E-state index in [4.69, 9.17) is 9.47 Å². The van der Waals surface area contributed by atoms with Crippen molar-refractivity contribution in [1.82, 2.24) is 15.3 Å². The molecule has 0 spiro atoms.